The predicted molar refractivity (Wildman–Crippen MR) is 97.0 cm³/mol. The highest BCUT2D eigenvalue weighted by molar-refractivity contribution is 9.10. The SMILES string of the molecule is CCOc1cc(C=NNC(=O)OC(C)(C)C)cc(Br)c1OCC(N)=O. The van der Waals surface area contributed by atoms with Crippen LogP contribution in [0.2, 0.25) is 0 Å². The Morgan fingerprint density at radius 3 is 2.56 bits per heavy atom. The molecular weight excluding hydrogens is 394 g/mol. The van der Waals surface area contributed by atoms with Gasteiger partial charge in [0.15, 0.2) is 18.1 Å². The number of amides is 2. The van der Waals surface area contributed by atoms with Crippen LogP contribution >= 0.6 is 15.9 Å². The highest BCUT2D eigenvalue weighted by Gasteiger charge is 2.16. The lowest BCUT2D eigenvalue weighted by Gasteiger charge is -2.18. The van der Waals surface area contributed by atoms with Gasteiger partial charge in [-0.3, -0.25) is 4.79 Å². The fraction of sp³-hybridized carbons (Fsp3) is 0.438. The Hall–Kier alpha value is -2.29. The standard InChI is InChI=1S/C16H22BrN3O5/c1-5-23-12-7-10(6-11(17)14(12)24-9-13(18)21)8-19-20-15(22)25-16(2,3)4/h6-8H,5,9H2,1-4H3,(H2,18,21)(H,20,22). The van der Waals surface area contributed by atoms with Gasteiger partial charge in [-0.15, -0.1) is 0 Å². The maximum Gasteiger partial charge on any atom is 0.428 e. The van der Waals surface area contributed by atoms with E-state index in [4.69, 9.17) is 19.9 Å². The number of nitrogens with zero attached hydrogens (tertiary/aromatic N) is 1. The largest absolute Gasteiger partial charge is 0.490 e. The number of carbonyl (C=O) groups excluding carboxylic acids is 2. The molecule has 9 heteroatoms. The summed E-state index contributed by atoms with van der Waals surface area (Å²) in [4.78, 5) is 22.4. The summed E-state index contributed by atoms with van der Waals surface area (Å²) in [5.74, 6) is 0.177. The maximum absolute atomic E-state index is 11.5. The van der Waals surface area contributed by atoms with Crippen molar-refractivity contribution in [3.8, 4) is 11.5 Å². The normalized spacial score (nSPS) is 11.2. The van der Waals surface area contributed by atoms with E-state index in [9.17, 15) is 9.59 Å². The van der Waals surface area contributed by atoms with Gasteiger partial charge in [0.25, 0.3) is 5.91 Å². The second-order valence-electron chi connectivity index (χ2n) is 5.89. The first-order valence-corrected chi connectivity index (χ1v) is 8.31. The van der Waals surface area contributed by atoms with Gasteiger partial charge in [-0.05, 0) is 61.3 Å². The van der Waals surface area contributed by atoms with Gasteiger partial charge >= 0.3 is 6.09 Å². The van der Waals surface area contributed by atoms with E-state index in [1.807, 2.05) is 6.92 Å². The number of ether oxygens (including phenoxy) is 3. The number of primary amides is 1. The van der Waals surface area contributed by atoms with Crippen LogP contribution in [-0.4, -0.2) is 37.0 Å². The molecular formula is C16H22BrN3O5. The van der Waals surface area contributed by atoms with E-state index >= 15 is 0 Å². The summed E-state index contributed by atoms with van der Waals surface area (Å²) in [6.07, 6.45) is 0.768. The molecule has 1 rings (SSSR count). The summed E-state index contributed by atoms with van der Waals surface area (Å²) in [6.45, 7) is 7.21. The van der Waals surface area contributed by atoms with Crippen LogP contribution in [0.15, 0.2) is 21.7 Å². The monoisotopic (exact) mass is 415 g/mol. The topological polar surface area (TPSA) is 112 Å². The molecule has 0 aliphatic rings. The smallest absolute Gasteiger partial charge is 0.428 e. The van der Waals surface area contributed by atoms with E-state index in [1.54, 1.807) is 32.9 Å². The van der Waals surface area contributed by atoms with Crippen molar-refractivity contribution in [2.45, 2.75) is 33.3 Å². The van der Waals surface area contributed by atoms with Crippen molar-refractivity contribution < 1.29 is 23.8 Å². The van der Waals surface area contributed by atoms with Gasteiger partial charge in [-0.2, -0.15) is 5.10 Å². The number of hydrazone groups is 1. The van der Waals surface area contributed by atoms with Crippen LogP contribution in [0, 0.1) is 0 Å². The minimum Gasteiger partial charge on any atom is -0.490 e. The van der Waals surface area contributed by atoms with Crippen LogP contribution in [0.1, 0.15) is 33.3 Å². The average molecular weight is 416 g/mol. The van der Waals surface area contributed by atoms with Crippen molar-refractivity contribution in [3.05, 3.63) is 22.2 Å². The van der Waals surface area contributed by atoms with Crippen molar-refractivity contribution in [2.24, 2.45) is 10.8 Å². The van der Waals surface area contributed by atoms with Gasteiger partial charge in [-0.1, -0.05) is 0 Å². The van der Waals surface area contributed by atoms with Crippen molar-refractivity contribution in [3.63, 3.8) is 0 Å². The Morgan fingerprint density at radius 2 is 2.00 bits per heavy atom. The number of hydrogen-bond acceptors (Lipinski definition) is 6. The molecule has 2 amide bonds. The molecule has 0 bridgehead atoms. The molecule has 0 unspecified atom stereocenters. The minimum absolute atomic E-state index is 0.272. The lowest BCUT2D eigenvalue weighted by molar-refractivity contribution is -0.119. The van der Waals surface area contributed by atoms with E-state index < -0.39 is 17.6 Å². The van der Waals surface area contributed by atoms with E-state index in [0.29, 0.717) is 28.1 Å². The summed E-state index contributed by atoms with van der Waals surface area (Å²) in [5.41, 5.74) is 7.39. The summed E-state index contributed by atoms with van der Waals surface area (Å²) in [7, 11) is 0. The molecule has 0 spiro atoms. The molecule has 8 nitrogen and oxygen atoms in total. The average Bonchev–Trinajstić information content (AvgIpc) is 2.44. The van der Waals surface area contributed by atoms with Gasteiger partial charge in [0.05, 0.1) is 17.3 Å². The molecule has 3 N–H and O–H groups in total. The van der Waals surface area contributed by atoms with Gasteiger partial charge in [0.1, 0.15) is 5.60 Å². The fourth-order valence-electron chi connectivity index (χ4n) is 1.67. The van der Waals surface area contributed by atoms with Crippen LogP contribution in [0.3, 0.4) is 0 Å². The summed E-state index contributed by atoms with van der Waals surface area (Å²) in [6, 6.07) is 3.35. The molecule has 0 saturated heterocycles. The maximum atomic E-state index is 11.5. The van der Waals surface area contributed by atoms with Gasteiger partial charge in [0.2, 0.25) is 0 Å². The molecule has 1 aromatic rings. The predicted octanol–water partition coefficient (Wildman–Crippen LogP) is 2.57. The molecule has 0 radical (unpaired) electrons. The zero-order valence-corrected chi connectivity index (χ0v) is 16.2. The zero-order chi connectivity index (χ0) is 19.0. The first kappa shape index (κ1) is 20.8. The number of rotatable bonds is 7. The van der Waals surface area contributed by atoms with Crippen LogP contribution in [0.25, 0.3) is 0 Å². The highest BCUT2D eigenvalue weighted by Crippen LogP contribution is 2.36. The third-order valence-corrected chi connectivity index (χ3v) is 3.05. The van der Waals surface area contributed by atoms with Gasteiger partial charge in [0, 0.05) is 0 Å². The molecule has 1 aromatic carbocycles. The van der Waals surface area contributed by atoms with Crippen LogP contribution in [-0.2, 0) is 9.53 Å². The molecule has 0 atom stereocenters. The van der Waals surface area contributed by atoms with E-state index in [2.05, 4.69) is 26.5 Å². The first-order valence-electron chi connectivity index (χ1n) is 7.52. The van der Waals surface area contributed by atoms with Crippen molar-refractivity contribution in [2.75, 3.05) is 13.2 Å². The second kappa shape index (κ2) is 9.26. The summed E-state index contributed by atoms with van der Waals surface area (Å²) in [5, 5.41) is 3.83. The van der Waals surface area contributed by atoms with Crippen molar-refractivity contribution >= 4 is 34.1 Å². The Labute approximate surface area is 154 Å². The fourth-order valence-corrected chi connectivity index (χ4v) is 2.24. The minimum atomic E-state index is -0.658. The van der Waals surface area contributed by atoms with Gasteiger partial charge in [-0.25, -0.2) is 10.2 Å². The molecule has 0 fully saturated rings. The third kappa shape index (κ3) is 7.88. The number of carbonyl (C=O) groups is 2. The molecule has 138 valence electrons. The number of halogens is 1. The molecule has 0 aromatic heterocycles. The first-order chi connectivity index (χ1) is 11.6. The Bertz CT molecular complexity index is 656. The lowest BCUT2D eigenvalue weighted by Crippen LogP contribution is -2.29. The quantitative estimate of drug-likeness (QED) is 0.524. The molecule has 25 heavy (non-hydrogen) atoms. The van der Waals surface area contributed by atoms with Crippen LogP contribution in [0.5, 0.6) is 11.5 Å². The molecule has 0 aliphatic heterocycles. The van der Waals surface area contributed by atoms with E-state index in [-0.39, 0.29) is 6.61 Å². The van der Waals surface area contributed by atoms with E-state index in [0.717, 1.165) is 0 Å². The van der Waals surface area contributed by atoms with Gasteiger partial charge < -0.3 is 19.9 Å². The van der Waals surface area contributed by atoms with E-state index in [1.165, 1.54) is 6.21 Å². The number of nitrogens with one attached hydrogen (secondary N) is 1. The molecule has 0 heterocycles. The zero-order valence-electron chi connectivity index (χ0n) is 14.6. The highest BCUT2D eigenvalue weighted by atomic mass is 79.9. The van der Waals surface area contributed by atoms with Crippen molar-refractivity contribution in [1.29, 1.82) is 0 Å². The molecule has 0 saturated carbocycles. The lowest BCUT2D eigenvalue weighted by atomic mass is 10.2. The Balaban J connectivity index is 2.88. The Morgan fingerprint density at radius 1 is 1.32 bits per heavy atom. The number of hydrogen-bond donors (Lipinski definition) is 2. The van der Waals surface area contributed by atoms with Crippen LogP contribution < -0.4 is 20.6 Å². The van der Waals surface area contributed by atoms with Crippen LogP contribution in [0.4, 0.5) is 4.79 Å². The molecule has 0 aliphatic carbocycles. The number of benzene rings is 1. The van der Waals surface area contributed by atoms with Crippen molar-refractivity contribution in [1.82, 2.24) is 5.43 Å². The summed E-state index contributed by atoms with van der Waals surface area (Å²) < 4.78 is 16.5. The second-order valence-corrected chi connectivity index (χ2v) is 6.74. The third-order valence-electron chi connectivity index (χ3n) is 2.46. The summed E-state index contributed by atoms with van der Waals surface area (Å²) >= 11 is 3.35. The Kier molecular flexibility index (Phi) is 7.69. The number of nitrogens with two attached hydrogens (primary N) is 1.